The van der Waals surface area contributed by atoms with Crippen LogP contribution in [-0.2, 0) is 22.6 Å². The van der Waals surface area contributed by atoms with Crippen LogP contribution in [0.5, 0.6) is 0 Å². The molecule has 3 aromatic rings. The van der Waals surface area contributed by atoms with E-state index in [0.29, 0.717) is 47.6 Å². The van der Waals surface area contributed by atoms with Gasteiger partial charge in [-0.1, -0.05) is 53.5 Å². The maximum Gasteiger partial charge on any atom is 0.254 e. The predicted molar refractivity (Wildman–Crippen MR) is 131 cm³/mol. The van der Waals surface area contributed by atoms with E-state index < -0.39 is 0 Å². The van der Waals surface area contributed by atoms with Crippen LogP contribution in [-0.4, -0.2) is 47.4 Å². The largest absolute Gasteiger partial charge is 0.467 e. The Hall–Kier alpha value is -2.80. The fourth-order valence-corrected chi connectivity index (χ4v) is 4.53. The number of halogens is 2. The average molecular weight is 501 g/mol. The second-order valence-corrected chi connectivity index (χ2v) is 9.17. The molecule has 2 aromatic carbocycles. The van der Waals surface area contributed by atoms with Gasteiger partial charge in [0.05, 0.1) is 18.9 Å². The van der Waals surface area contributed by atoms with Crippen molar-refractivity contribution in [2.45, 2.75) is 32.0 Å². The summed E-state index contributed by atoms with van der Waals surface area (Å²) in [5, 5.41) is 0.727. The summed E-state index contributed by atoms with van der Waals surface area (Å²) >= 11 is 12.3. The molecule has 178 valence electrons. The second kappa shape index (κ2) is 11.6. The van der Waals surface area contributed by atoms with Gasteiger partial charge < -0.3 is 19.0 Å². The van der Waals surface area contributed by atoms with Crippen molar-refractivity contribution in [1.82, 2.24) is 9.80 Å². The summed E-state index contributed by atoms with van der Waals surface area (Å²) in [4.78, 5) is 30.2. The second-order valence-electron chi connectivity index (χ2n) is 8.29. The molecule has 0 saturated carbocycles. The number of benzene rings is 2. The molecule has 6 nitrogen and oxygen atoms in total. The zero-order valence-electron chi connectivity index (χ0n) is 18.7. The van der Waals surface area contributed by atoms with E-state index in [1.807, 2.05) is 36.4 Å². The van der Waals surface area contributed by atoms with Gasteiger partial charge in [0.15, 0.2) is 0 Å². The lowest BCUT2D eigenvalue weighted by atomic mass is 10.1. The van der Waals surface area contributed by atoms with Crippen LogP contribution in [0.3, 0.4) is 0 Å². The molecule has 0 bridgehead atoms. The topological polar surface area (TPSA) is 63.0 Å². The number of carbonyl (C=O) groups excluding carboxylic acids is 2. The van der Waals surface area contributed by atoms with Gasteiger partial charge in [0, 0.05) is 35.3 Å². The van der Waals surface area contributed by atoms with Crippen LogP contribution in [0.25, 0.3) is 0 Å². The highest BCUT2D eigenvalue weighted by atomic mass is 35.5. The summed E-state index contributed by atoms with van der Waals surface area (Å²) < 4.78 is 11.2. The molecule has 1 fully saturated rings. The third kappa shape index (κ3) is 6.63. The summed E-state index contributed by atoms with van der Waals surface area (Å²) in [6.45, 7) is 1.56. The first-order valence-corrected chi connectivity index (χ1v) is 11.9. The number of amides is 2. The van der Waals surface area contributed by atoms with Crippen LogP contribution < -0.4 is 0 Å². The maximum atomic E-state index is 13.5. The third-order valence-corrected chi connectivity index (χ3v) is 6.10. The minimum absolute atomic E-state index is 0.101. The molecule has 0 spiro atoms. The molecule has 8 heteroatoms. The number of ether oxygens (including phenoxy) is 1. The van der Waals surface area contributed by atoms with E-state index in [4.69, 9.17) is 32.4 Å². The van der Waals surface area contributed by atoms with Crippen molar-refractivity contribution >= 4 is 35.0 Å². The molecule has 4 rings (SSSR count). The Balaban J connectivity index is 1.56. The van der Waals surface area contributed by atoms with Gasteiger partial charge in [0.2, 0.25) is 5.91 Å². The van der Waals surface area contributed by atoms with Gasteiger partial charge in [0.1, 0.15) is 12.3 Å². The summed E-state index contributed by atoms with van der Waals surface area (Å²) in [5.41, 5.74) is 1.32. The zero-order valence-corrected chi connectivity index (χ0v) is 20.2. The van der Waals surface area contributed by atoms with Crippen LogP contribution in [0.1, 0.15) is 34.5 Å². The first-order valence-electron chi connectivity index (χ1n) is 11.2. The van der Waals surface area contributed by atoms with Crippen LogP contribution in [0, 0.1) is 0 Å². The molecule has 1 saturated heterocycles. The highest BCUT2D eigenvalue weighted by Crippen LogP contribution is 2.22. The minimum Gasteiger partial charge on any atom is -0.467 e. The minimum atomic E-state index is -0.314. The molecule has 1 aliphatic rings. The van der Waals surface area contributed by atoms with E-state index in [1.165, 1.54) is 4.90 Å². The molecule has 1 aromatic heterocycles. The smallest absolute Gasteiger partial charge is 0.254 e. The molecule has 34 heavy (non-hydrogen) atoms. The van der Waals surface area contributed by atoms with E-state index in [9.17, 15) is 9.59 Å². The number of carbonyl (C=O) groups is 2. The van der Waals surface area contributed by atoms with E-state index in [-0.39, 0.29) is 24.5 Å². The Kier molecular flexibility index (Phi) is 8.27. The van der Waals surface area contributed by atoms with Gasteiger partial charge in [-0.05, 0) is 48.7 Å². The quantitative estimate of drug-likeness (QED) is 0.392. The number of nitrogens with zero attached hydrogens (tertiary/aromatic N) is 2. The Morgan fingerprint density at radius 3 is 2.35 bits per heavy atom. The Bertz CT molecular complexity index is 1080. The van der Waals surface area contributed by atoms with Crippen LogP contribution in [0.2, 0.25) is 10.0 Å². The van der Waals surface area contributed by atoms with Crippen molar-refractivity contribution in [3.8, 4) is 0 Å². The van der Waals surface area contributed by atoms with Gasteiger partial charge >= 0.3 is 0 Å². The monoisotopic (exact) mass is 500 g/mol. The van der Waals surface area contributed by atoms with Crippen LogP contribution in [0.4, 0.5) is 0 Å². The van der Waals surface area contributed by atoms with Crippen molar-refractivity contribution < 1.29 is 18.7 Å². The Labute approximate surface area is 209 Å². The lowest BCUT2D eigenvalue weighted by Gasteiger charge is -2.29. The molecular formula is C26H26Cl2N2O4. The SMILES string of the molecule is O=C(CN(C[C@@H]1CCCO1)C(=O)c1cc(Cl)cc(Cl)c1)N(Cc1ccccc1)Cc1ccco1. The molecule has 2 amide bonds. The van der Waals surface area contributed by atoms with Gasteiger partial charge in [-0.25, -0.2) is 0 Å². The first kappa shape index (κ1) is 24.3. The van der Waals surface area contributed by atoms with Gasteiger partial charge in [0.25, 0.3) is 5.91 Å². The molecule has 0 radical (unpaired) electrons. The molecule has 1 aliphatic heterocycles. The van der Waals surface area contributed by atoms with E-state index >= 15 is 0 Å². The highest BCUT2D eigenvalue weighted by Gasteiger charge is 2.28. The van der Waals surface area contributed by atoms with Crippen LogP contribution in [0.15, 0.2) is 71.3 Å². The van der Waals surface area contributed by atoms with Gasteiger partial charge in [-0.2, -0.15) is 0 Å². The first-order chi connectivity index (χ1) is 16.5. The summed E-state index contributed by atoms with van der Waals surface area (Å²) in [6.07, 6.45) is 3.24. The molecule has 2 heterocycles. The highest BCUT2D eigenvalue weighted by molar-refractivity contribution is 6.35. The van der Waals surface area contributed by atoms with E-state index in [0.717, 1.165) is 18.4 Å². The number of hydrogen-bond donors (Lipinski definition) is 0. The average Bonchev–Trinajstić information content (AvgIpc) is 3.52. The lowest BCUT2D eigenvalue weighted by Crippen LogP contribution is -2.45. The van der Waals surface area contributed by atoms with Crippen molar-refractivity contribution in [2.24, 2.45) is 0 Å². The number of furan rings is 1. The fourth-order valence-electron chi connectivity index (χ4n) is 4.00. The Morgan fingerprint density at radius 1 is 0.941 bits per heavy atom. The zero-order chi connectivity index (χ0) is 23.9. The molecule has 0 unspecified atom stereocenters. The van der Waals surface area contributed by atoms with Crippen LogP contribution >= 0.6 is 23.2 Å². The van der Waals surface area contributed by atoms with Crippen molar-refractivity contribution in [3.63, 3.8) is 0 Å². The molecular weight excluding hydrogens is 475 g/mol. The number of hydrogen-bond acceptors (Lipinski definition) is 4. The van der Waals surface area contributed by atoms with Crippen molar-refractivity contribution in [2.75, 3.05) is 19.7 Å². The van der Waals surface area contributed by atoms with E-state index in [1.54, 1.807) is 35.4 Å². The van der Waals surface area contributed by atoms with Gasteiger partial charge in [-0.15, -0.1) is 0 Å². The van der Waals surface area contributed by atoms with Gasteiger partial charge in [-0.3, -0.25) is 9.59 Å². The molecule has 0 N–H and O–H groups in total. The number of rotatable bonds is 9. The lowest BCUT2D eigenvalue weighted by molar-refractivity contribution is -0.133. The summed E-state index contributed by atoms with van der Waals surface area (Å²) in [6, 6.07) is 18.0. The molecule has 1 atom stereocenters. The summed E-state index contributed by atoms with van der Waals surface area (Å²) in [7, 11) is 0. The summed E-state index contributed by atoms with van der Waals surface area (Å²) in [5.74, 6) is 0.161. The maximum absolute atomic E-state index is 13.5. The predicted octanol–water partition coefficient (Wildman–Crippen LogP) is 5.44. The standard InChI is InChI=1S/C26H26Cl2N2O4/c27-21-12-20(13-22(28)14-21)26(32)30(17-24-9-5-11-34-24)18-25(31)29(16-23-8-4-10-33-23)15-19-6-2-1-3-7-19/h1-4,6-8,10,12-14,24H,5,9,11,15-18H2/t24-/m0/s1. The third-order valence-electron chi connectivity index (χ3n) is 5.67. The normalized spacial score (nSPS) is 15.3. The molecule has 0 aliphatic carbocycles. The Morgan fingerprint density at radius 2 is 1.71 bits per heavy atom. The van der Waals surface area contributed by atoms with E-state index in [2.05, 4.69) is 0 Å². The fraction of sp³-hybridized carbons (Fsp3) is 0.308. The van der Waals surface area contributed by atoms with Crippen molar-refractivity contribution in [1.29, 1.82) is 0 Å². The van der Waals surface area contributed by atoms with Crippen molar-refractivity contribution in [3.05, 3.63) is 93.9 Å².